The molecule has 0 aliphatic rings. The van der Waals surface area contributed by atoms with Crippen molar-refractivity contribution in [2.45, 2.75) is 13.8 Å². The molecule has 0 radical (unpaired) electrons. The number of rotatable bonds is 0. The van der Waals surface area contributed by atoms with E-state index in [-0.39, 0.29) is 21.7 Å². The Morgan fingerprint density at radius 2 is 0.742 bits per heavy atom. The van der Waals surface area contributed by atoms with Gasteiger partial charge in [0.2, 0.25) is 0 Å². The smallest absolute Gasteiger partial charge is 0.236 e. The second kappa shape index (κ2) is 15.3. The summed E-state index contributed by atoms with van der Waals surface area (Å²) < 4.78 is 71.4. The maximum atomic E-state index is 11.9. The van der Waals surface area contributed by atoms with E-state index in [4.69, 9.17) is 0 Å². The average Bonchev–Trinajstić information content (AvgIpc) is 3.27. The maximum absolute atomic E-state index is 11.9. The fourth-order valence-electron chi connectivity index (χ4n) is 1.88. The van der Waals surface area contributed by atoms with Crippen molar-refractivity contribution in [3.63, 3.8) is 0 Å². The molecule has 0 saturated carbocycles. The van der Waals surface area contributed by atoms with Crippen molar-refractivity contribution in [1.82, 2.24) is 0 Å². The zero-order valence-electron chi connectivity index (χ0n) is 16.7. The zero-order chi connectivity index (χ0) is 22.5. The van der Waals surface area contributed by atoms with Crippen LogP contribution < -0.4 is 0 Å². The van der Waals surface area contributed by atoms with Gasteiger partial charge in [-0.1, -0.05) is 13.8 Å². The first-order valence-corrected chi connectivity index (χ1v) is 8.60. The van der Waals surface area contributed by atoms with E-state index in [0.717, 1.165) is 0 Å². The summed E-state index contributed by atoms with van der Waals surface area (Å²) in [6.07, 6.45) is 0. The third-order valence-corrected chi connectivity index (χ3v) is 3.19. The second-order valence-electron chi connectivity index (χ2n) is 5.91. The Kier molecular flexibility index (Phi) is 14.0. The summed E-state index contributed by atoms with van der Waals surface area (Å²) in [5.74, 6) is -5.94. The summed E-state index contributed by atoms with van der Waals surface area (Å²) in [7, 11) is 0. The molecular formula is C24H18F6Ti. The van der Waals surface area contributed by atoms with Crippen LogP contribution in [0.2, 0.25) is 0 Å². The minimum atomic E-state index is -1.02. The van der Waals surface area contributed by atoms with Crippen molar-refractivity contribution in [2.75, 3.05) is 0 Å². The first kappa shape index (κ1) is 28.4. The number of benzene rings is 2. The summed E-state index contributed by atoms with van der Waals surface area (Å²) >= 11 is 0. The topological polar surface area (TPSA) is 0 Å². The molecule has 160 valence electrons. The van der Waals surface area contributed by atoms with Gasteiger partial charge in [-0.15, -0.1) is 36.4 Å². The molecule has 0 nitrogen and oxygen atoms in total. The van der Waals surface area contributed by atoms with Gasteiger partial charge in [-0.3, -0.25) is 0 Å². The molecular weight excluding hydrogens is 450 g/mol. The van der Waals surface area contributed by atoms with Gasteiger partial charge in [-0.05, 0) is 0 Å². The Bertz CT molecular complexity index is 797. The van der Waals surface area contributed by atoms with Crippen LogP contribution in [0.5, 0.6) is 0 Å². The van der Waals surface area contributed by atoms with Crippen molar-refractivity contribution >= 4 is 0 Å². The van der Waals surface area contributed by atoms with Crippen LogP contribution in [0.4, 0.5) is 26.3 Å². The molecule has 0 fully saturated rings. The minimum absolute atomic E-state index is 0. The van der Waals surface area contributed by atoms with Crippen LogP contribution in [0.3, 0.4) is 0 Å². The molecule has 31 heavy (non-hydrogen) atoms. The molecule has 0 aromatic heterocycles. The molecule has 0 unspecified atom stereocenters. The molecule has 0 spiro atoms. The Morgan fingerprint density at radius 3 is 0.871 bits per heavy atom. The summed E-state index contributed by atoms with van der Waals surface area (Å²) in [6, 6.07) is 22.0. The molecule has 0 saturated heterocycles. The van der Waals surface area contributed by atoms with Crippen molar-refractivity contribution in [2.24, 2.45) is 0 Å². The normalized spacial score (nSPS) is 9.03. The summed E-state index contributed by atoms with van der Waals surface area (Å²) in [5, 5.41) is 0. The largest absolute Gasteiger partial charge is 4.00 e. The summed E-state index contributed by atoms with van der Waals surface area (Å²) in [6.45, 7) is 4.17. The predicted molar refractivity (Wildman–Crippen MR) is 104 cm³/mol. The van der Waals surface area contributed by atoms with E-state index < -0.39 is 34.9 Å². The fourth-order valence-corrected chi connectivity index (χ4v) is 1.88. The van der Waals surface area contributed by atoms with Crippen LogP contribution in [-0.4, -0.2) is 0 Å². The molecule has 7 heteroatoms. The van der Waals surface area contributed by atoms with Crippen LogP contribution in [0.15, 0.2) is 72.8 Å². The summed E-state index contributed by atoms with van der Waals surface area (Å²) in [4.78, 5) is 0. The molecule has 4 rings (SSSR count). The molecule has 0 atom stereocenters. The van der Waals surface area contributed by atoms with Crippen LogP contribution in [0.25, 0.3) is 0 Å². The predicted octanol–water partition coefficient (Wildman–Crippen LogP) is 7.23. The third kappa shape index (κ3) is 14.1. The molecule has 0 bridgehead atoms. The van der Waals surface area contributed by atoms with Crippen molar-refractivity contribution < 1.29 is 48.1 Å². The molecule has 0 aliphatic heterocycles. The molecule has 0 amide bonds. The van der Waals surface area contributed by atoms with Gasteiger partial charge in [0.25, 0.3) is 0 Å². The Balaban J connectivity index is 0.000000389. The average molecular weight is 468 g/mol. The van der Waals surface area contributed by atoms with Gasteiger partial charge in [0.1, 0.15) is 0 Å². The molecule has 4 aromatic carbocycles. The third-order valence-electron chi connectivity index (χ3n) is 3.19. The number of halogens is 6. The van der Waals surface area contributed by atoms with Crippen LogP contribution >= 0.6 is 0 Å². The van der Waals surface area contributed by atoms with E-state index in [2.05, 4.69) is 38.1 Å². The first-order chi connectivity index (χ1) is 14.2. The summed E-state index contributed by atoms with van der Waals surface area (Å²) in [5.41, 5.74) is 2.69. The first-order valence-electron chi connectivity index (χ1n) is 8.60. The Hall–Kier alpha value is -2.57. The quantitative estimate of drug-likeness (QED) is 0.145. The van der Waals surface area contributed by atoms with Gasteiger partial charge in [-0.25, -0.2) is 50.6 Å². The van der Waals surface area contributed by atoms with Crippen LogP contribution in [0.1, 0.15) is 11.1 Å². The van der Waals surface area contributed by atoms with Crippen LogP contribution in [0, 0.1) is 60.9 Å². The standard InChI is InChI=1S/2C6H2F3.2C6H7.Ti/c2*7-4-1-5(8)3-6(9)2-4;2*1-6-4-2-3-5-6;/h2*1-2H;2*2-5H,1H3;/q4*-1;+4. The fraction of sp³-hybridized carbons (Fsp3) is 0.0833. The number of hydrogen-bond acceptors (Lipinski definition) is 0. The second-order valence-corrected chi connectivity index (χ2v) is 5.91. The van der Waals surface area contributed by atoms with E-state index >= 15 is 0 Å². The van der Waals surface area contributed by atoms with Gasteiger partial charge < -0.3 is 0 Å². The van der Waals surface area contributed by atoms with E-state index in [9.17, 15) is 26.3 Å². The molecule has 0 heterocycles. The number of hydrogen-bond donors (Lipinski definition) is 0. The van der Waals surface area contributed by atoms with Crippen molar-refractivity contribution in [3.8, 4) is 0 Å². The molecule has 4 aromatic rings. The van der Waals surface area contributed by atoms with E-state index in [0.29, 0.717) is 24.3 Å². The number of aryl methyl sites for hydroxylation is 2. The maximum Gasteiger partial charge on any atom is 4.00 e. The minimum Gasteiger partial charge on any atom is -0.236 e. The van der Waals surface area contributed by atoms with Gasteiger partial charge in [0.05, 0.1) is 0 Å². The molecule has 0 aliphatic carbocycles. The van der Waals surface area contributed by atoms with Crippen LogP contribution in [-0.2, 0) is 21.7 Å². The van der Waals surface area contributed by atoms with Gasteiger partial charge in [-0.2, -0.15) is 35.4 Å². The van der Waals surface area contributed by atoms with E-state index in [1.165, 1.54) is 11.1 Å². The Morgan fingerprint density at radius 1 is 0.516 bits per heavy atom. The SMILES string of the molecule is C[c-]1cccc1.C[c-]1cccc1.Fc1[c-]c(F)cc(F)c1.Fc1[c-]c(F)cc(F)c1.[Ti+4]. The van der Waals surface area contributed by atoms with Crippen molar-refractivity contribution in [3.05, 3.63) is 131 Å². The van der Waals surface area contributed by atoms with Gasteiger partial charge in [0.15, 0.2) is 0 Å². The Labute approximate surface area is 192 Å². The van der Waals surface area contributed by atoms with E-state index in [1.54, 1.807) is 12.1 Å². The van der Waals surface area contributed by atoms with Gasteiger partial charge >= 0.3 is 21.7 Å². The molecule has 0 N–H and O–H groups in total. The van der Waals surface area contributed by atoms with E-state index in [1.807, 2.05) is 24.3 Å². The van der Waals surface area contributed by atoms with Gasteiger partial charge in [0, 0.05) is 34.9 Å². The monoisotopic (exact) mass is 468 g/mol. The zero-order valence-corrected chi connectivity index (χ0v) is 18.3. The van der Waals surface area contributed by atoms with Crippen molar-refractivity contribution in [1.29, 1.82) is 0 Å².